The Morgan fingerprint density at radius 3 is 3.06 bits per heavy atom. The molecule has 1 fully saturated rings. The minimum atomic E-state index is 0.236. The fraction of sp³-hybridized carbons (Fsp3) is 0.600. The van der Waals surface area contributed by atoms with Crippen LogP contribution in [-0.2, 0) is 0 Å². The molecule has 2 heterocycles. The second-order valence-electron chi connectivity index (χ2n) is 4.48. The summed E-state index contributed by atoms with van der Waals surface area (Å²) >= 11 is 0. The van der Waals surface area contributed by atoms with Gasteiger partial charge >= 0.3 is 0 Å². The number of aliphatic hydroxyl groups is 1. The van der Waals surface area contributed by atoms with E-state index in [9.17, 15) is 0 Å². The zero-order valence-electron chi connectivity index (χ0n) is 9.32. The van der Waals surface area contributed by atoms with Crippen LogP contribution in [0.25, 0.3) is 11.2 Å². The standard InChI is InChI=1S/C10H14N6O/c11-9-8-10(13-5-12-9)16(15-14-8)7-2-1-6(3-7)4-17/h5-7,17H,1-4H2,(H2,11,12,13)/t6-,7+/m1/s1. The summed E-state index contributed by atoms with van der Waals surface area (Å²) in [5, 5.41) is 17.3. The lowest BCUT2D eigenvalue weighted by molar-refractivity contribution is 0.225. The quantitative estimate of drug-likeness (QED) is 0.766. The molecule has 1 saturated carbocycles. The molecule has 0 unspecified atom stereocenters. The van der Waals surface area contributed by atoms with Crippen LogP contribution in [0.5, 0.6) is 0 Å². The molecule has 7 heteroatoms. The second kappa shape index (κ2) is 3.92. The van der Waals surface area contributed by atoms with Crippen molar-refractivity contribution in [3.63, 3.8) is 0 Å². The summed E-state index contributed by atoms with van der Waals surface area (Å²) in [6.45, 7) is 0.236. The Hall–Kier alpha value is -1.76. The first kappa shape index (κ1) is 10.4. The van der Waals surface area contributed by atoms with E-state index in [0.29, 0.717) is 22.9 Å². The molecule has 0 radical (unpaired) electrons. The van der Waals surface area contributed by atoms with E-state index in [1.165, 1.54) is 6.33 Å². The van der Waals surface area contributed by atoms with E-state index in [4.69, 9.17) is 10.8 Å². The van der Waals surface area contributed by atoms with Gasteiger partial charge in [-0.1, -0.05) is 5.21 Å². The summed E-state index contributed by atoms with van der Waals surface area (Å²) in [5.41, 5.74) is 6.95. The van der Waals surface area contributed by atoms with Gasteiger partial charge in [0.05, 0.1) is 6.04 Å². The van der Waals surface area contributed by atoms with Crippen LogP contribution in [0.4, 0.5) is 5.82 Å². The van der Waals surface area contributed by atoms with Crippen molar-refractivity contribution in [2.45, 2.75) is 25.3 Å². The molecule has 0 saturated heterocycles. The molecule has 3 rings (SSSR count). The van der Waals surface area contributed by atoms with Gasteiger partial charge in [0.25, 0.3) is 0 Å². The number of nitrogen functional groups attached to an aromatic ring is 1. The van der Waals surface area contributed by atoms with Gasteiger partial charge in [-0.15, -0.1) is 5.10 Å². The van der Waals surface area contributed by atoms with Gasteiger partial charge in [-0.05, 0) is 25.2 Å². The molecule has 0 aliphatic heterocycles. The molecule has 7 nitrogen and oxygen atoms in total. The number of rotatable bonds is 2. The highest BCUT2D eigenvalue weighted by Crippen LogP contribution is 2.35. The number of hydrogen-bond acceptors (Lipinski definition) is 6. The summed E-state index contributed by atoms with van der Waals surface area (Å²) in [6, 6.07) is 0.256. The van der Waals surface area contributed by atoms with Crippen molar-refractivity contribution in [2.75, 3.05) is 12.3 Å². The first-order valence-electron chi connectivity index (χ1n) is 5.72. The van der Waals surface area contributed by atoms with Gasteiger partial charge in [0, 0.05) is 6.61 Å². The zero-order valence-corrected chi connectivity index (χ0v) is 9.32. The van der Waals surface area contributed by atoms with Crippen LogP contribution in [0.2, 0.25) is 0 Å². The summed E-state index contributed by atoms with van der Waals surface area (Å²) in [7, 11) is 0. The van der Waals surface area contributed by atoms with E-state index in [2.05, 4.69) is 20.3 Å². The molecule has 1 aliphatic rings. The molecule has 0 bridgehead atoms. The molecule has 17 heavy (non-hydrogen) atoms. The molecule has 1 aliphatic carbocycles. The number of aromatic nitrogens is 5. The Labute approximate surface area is 97.7 Å². The maximum Gasteiger partial charge on any atom is 0.184 e. The highest BCUT2D eigenvalue weighted by molar-refractivity contribution is 5.80. The van der Waals surface area contributed by atoms with Gasteiger partial charge in [0.2, 0.25) is 0 Å². The van der Waals surface area contributed by atoms with Crippen LogP contribution in [0.1, 0.15) is 25.3 Å². The van der Waals surface area contributed by atoms with Crippen LogP contribution in [0.3, 0.4) is 0 Å². The van der Waals surface area contributed by atoms with Crippen molar-refractivity contribution in [1.82, 2.24) is 25.0 Å². The Morgan fingerprint density at radius 2 is 2.29 bits per heavy atom. The fourth-order valence-electron chi connectivity index (χ4n) is 2.46. The third-order valence-electron chi connectivity index (χ3n) is 3.41. The highest BCUT2D eigenvalue weighted by atomic mass is 16.3. The van der Waals surface area contributed by atoms with Crippen LogP contribution in [-0.4, -0.2) is 36.7 Å². The van der Waals surface area contributed by atoms with Crippen molar-refractivity contribution in [2.24, 2.45) is 5.92 Å². The van der Waals surface area contributed by atoms with Gasteiger partial charge in [0.1, 0.15) is 6.33 Å². The number of fused-ring (bicyclic) bond motifs is 1. The molecule has 3 N–H and O–H groups in total. The fourth-order valence-corrected chi connectivity index (χ4v) is 2.46. The summed E-state index contributed by atoms with van der Waals surface area (Å²) in [5.74, 6) is 0.719. The van der Waals surface area contributed by atoms with Gasteiger partial charge < -0.3 is 10.8 Å². The highest BCUT2D eigenvalue weighted by Gasteiger charge is 2.28. The van der Waals surface area contributed by atoms with Crippen molar-refractivity contribution in [3.05, 3.63) is 6.33 Å². The van der Waals surface area contributed by atoms with E-state index in [0.717, 1.165) is 19.3 Å². The van der Waals surface area contributed by atoms with Crippen molar-refractivity contribution < 1.29 is 5.11 Å². The molecule has 2 atom stereocenters. The van der Waals surface area contributed by atoms with E-state index in [1.807, 2.05) is 4.68 Å². The largest absolute Gasteiger partial charge is 0.396 e. The van der Waals surface area contributed by atoms with Crippen LogP contribution < -0.4 is 5.73 Å². The Morgan fingerprint density at radius 1 is 1.41 bits per heavy atom. The number of nitrogens with zero attached hydrogens (tertiary/aromatic N) is 5. The number of anilines is 1. The molecular weight excluding hydrogens is 220 g/mol. The average molecular weight is 234 g/mol. The number of nitrogens with two attached hydrogens (primary N) is 1. The van der Waals surface area contributed by atoms with Crippen LogP contribution >= 0.6 is 0 Å². The average Bonchev–Trinajstić information content (AvgIpc) is 2.94. The van der Waals surface area contributed by atoms with Crippen LogP contribution in [0.15, 0.2) is 6.33 Å². The molecule has 2 aromatic heterocycles. The predicted molar refractivity (Wildman–Crippen MR) is 61.0 cm³/mol. The number of hydrogen-bond donors (Lipinski definition) is 2. The molecule has 0 amide bonds. The third-order valence-corrected chi connectivity index (χ3v) is 3.41. The Balaban J connectivity index is 1.99. The first-order valence-corrected chi connectivity index (χ1v) is 5.72. The lowest BCUT2D eigenvalue weighted by atomic mass is 10.1. The SMILES string of the molecule is Nc1ncnc2c1nnn2[C@H]1CC[C@@H](CO)C1. The lowest BCUT2D eigenvalue weighted by Crippen LogP contribution is -2.09. The third kappa shape index (κ3) is 1.62. The van der Waals surface area contributed by atoms with Crippen molar-refractivity contribution >= 4 is 17.0 Å². The smallest absolute Gasteiger partial charge is 0.184 e. The predicted octanol–water partition coefficient (Wildman–Crippen LogP) is 0.137. The van der Waals surface area contributed by atoms with Gasteiger partial charge in [0.15, 0.2) is 17.0 Å². The lowest BCUT2D eigenvalue weighted by Gasteiger charge is -2.10. The summed E-state index contributed by atoms with van der Waals surface area (Å²) in [6.07, 6.45) is 4.35. The molecule has 2 aromatic rings. The molecular formula is C10H14N6O. The van der Waals surface area contributed by atoms with Crippen molar-refractivity contribution in [1.29, 1.82) is 0 Å². The minimum Gasteiger partial charge on any atom is -0.396 e. The Kier molecular flexibility index (Phi) is 2.40. The van der Waals surface area contributed by atoms with E-state index in [-0.39, 0.29) is 12.6 Å². The minimum absolute atomic E-state index is 0.236. The van der Waals surface area contributed by atoms with Crippen LogP contribution in [0, 0.1) is 5.92 Å². The second-order valence-corrected chi connectivity index (χ2v) is 4.48. The zero-order chi connectivity index (χ0) is 11.8. The normalized spacial score (nSPS) is 24.5. The topological polar surface area (TPSA) is 103 Å². The first-order chi connectivity index (χ1) is 8.29. The maximum atomic E-state index is 9.15. The molecule has 0 aromatic carbocycles. The Bertz CT molecular complexity index is 539. The number of aliphatic hydroxyl groups excluding tert-OH is 1. The molecule has 90 valence electrons. The van der Waals surface area contributed by atoms with Gasteiger partial charge in [-0.2, -0.15) is 0 Å². The summed E-state index contributed by atoms with van der Waals surface area (Å²) < 4.78 is 1.81. The van der Waals surface area contributed by atoms with E-state index < -0.39 is 0 Å². The monoisotopic (exact) mass is 234 g/mol. The van der Waals surface area contributed by atoms with E-state index in [1.54, 1.807) is 0 Å². The summed E-state index contributed by atoms with van der Waals surface area (Å²) in [4.78, 5) is 8.07. The van der Waals surface area contributed by atoms with E-state index >= 15 is 0 Å². The maximum absolute atomic E-state index is 9.15. The van der Waals surface area contributed by atoms with Gasteiger partial charge in [-0.25, -0.2) is 14.6 Å². The molecule has 0 spiro atoms. The van der Waals surface area contributed by atoms with Gasteiger partial charge in [-0.3, -0.25) is 0 Å². The van der Waals surface area contributed by atoms with Crippen molar-refractivity contribution in [3.8, 4) is 0 Å².